The van der Waals surface area contributed by atoms with Crippen molar-refractivity contribution < 1.29 is 9.59 Å². The normalized spacial score (nSPS) is 9.29. The maximum atomic E-state index is 11.2. The first-order valence-electron chi connectivity index (χ1n) is 4.17. The van der Waals surface area contributed by atoms with Gasteiger partial charge in [0.05, 0.1) is 0 Å². The molecular weight excluding hydrogens is 180 g/mol. The molecule has 0 aliphatic carbocycles. The van der Waals surface area contributed by atoms with Crippen LogP contribution in [0, 0.1) is 0 Å². The molecule has 74 valence electrons. The van der Waals surface area contributed by atoms with Gasteiger partial charge in [-0.2, -0.15) is 0 Å². The van der Waals surface area contributed by atoms with Crippen molar-refractivity contribution in [3.63, 3.8) is 0 Å². The van der Waals surface area contributed by atoms with Crippen LogP contribution in [0.3, 0.4) is 0 Å². The molecule has 0 saturated carbocycles. The highest BCUT2D eigenvalue weighted by molar-refractivity contribution is 5.89. The van der Waals surface area contributed by atoms with Crippen LogP contribution >= 0.6 is 0 Å². The van der Waals surface area contributed by atoms with Crippen LogP contribution in [0.4, 0.5) is 10.5 Å². The highest BCUT2D eigenvalue weighted by atomic mass is 16.2. The van der Waals surface area contributed by atoms with E-state index in [2.05, 4.69) is 5.32 Å². The third kappa shape index (κ3) is 2.58. The third-order valence-corrected chi connectivity index (χ3v) is 1.70. The Bertz CT molecular complexity index is 330. The molecule has 14 heavy (non-hydrogen) atoms. The van der Waals surface area contributed by atoms with E-state index in [1.807, 2.05) is 0 Å². The molecule has 0 heterocycles. The van der Waals surface area contributed by atoms with Crippen LogP contribution in [0.2, 0.25) is 0 Å². The Morgan fingerprint density at radius 1 is 1.29 bits per heavy atom. The van der Waals surface area contributed by atoms with E-state index in [1.165, 1.54) is 4.90 Å². The number of nitrogens with zero attached hydrogens (tertiary/aromatic N) is 1. The monoisotopic (exact) mass is 192 g/mol. The average molecular weight is 192 g/mol. The molecule has 0 fully saturated rings. The van der Waals surface area contributed by atoms with Crippen molar-refractivity contribution in [1.29, 1.82) is 0 Å². The maximum Gasteiger partial charge on any atom is 0.321 e. The second kappa shape index (κ2) is 4.41. The van der Waals surface area contributed by atoms with E-state index >= 15 is 0 Å². The average Bonchev–Trinajstić information content (AvgIpc) is 2.19. The molecule has 0 aliphatic rings. The molecule has 0 aromatic heterocycles. The molecular formula is C10H12N2O2. The first-order chi connectivity index (χ1) is 6.63. The Hall–Kier alpha value is -1.84. The summed E-state index contributed by atoms with van der Waals surface area (Å²) in [6.45, 7) is 0. The Kier molecular flexibility index (Phi) is 3.23. The lowest BCUT2D eigenvalue weighted by Crippen LogP contribution is -2.27. The van der Waals surface area contributed by atoms with Gasteiger partial charge in [-0.1, -0.05) is 0 Å². The van der Waals surface area contributed by atoms with Gasteiger partial charge in [0.1, 0.15) is 6.29 Å². The number of nitrogens with one attached hydrogen (secondary N) is 1. The number of anilines is 1. The fraction of sp³-hybridized carbons (Fsp3) is 0.200. The minimum Gasteiger partial charge on any atom is -0.331 e. The van der Waals surface area contributed by atoms with E-state index in [0.29, 0.717) is 11.3 Å². The van der Waals surface area contributed by atoms with Crippen LogP contribution in [0.25, 0.3) is 0 Å². The van der Waals surface area contributed by atoms with Gasteiger partial charge < -0.3 is 10.2 Å². The molecule has 0 unspecified atom stereocenters. The van der Waals surface area contributed by atoms with E-state index in [-0.39, 0.29) is 6.03 Å². The van der Waals surface area contributed by atoms with Crippen LogP contribution in [0.1, 0.15) is 10.4 Å². The van der Waals surface area contributed by atoms with Crippen molar-refractivity contribution in [2.45, 2.75) is 0 Å². The summed E-state index contributed by atoms with van der Waals surface area (Å²) in [4.78, 5) is 23.0. The number of carbonyl (C=O) groups excluding carboxylic acids is 2. The van der Waals surface area contributed by atoms with Gasteiger partial charge in [0.25, 0.3) is 0 Å². The molecule has 0 bridgehead atoms. The lowest BCUT2D eigenvalue weighted by molar-refractivity contribution is 0.112. The summed E-state index contributed by atoms with van der Waals surface area (Å²) in [5, 5.41) is 2.66. The third-order valence-electron chi connectivity index (χ3n) is 1.70. The van der Waals surface area contributed by atoms with Crippen molar-refractivity contribution in [3.8, 4) is 0 Å². The topological polar surface area (TPSA) is 49.4 Å². The molecule has 0 radical (unpaired) electrons. The summed E-state index contributed by atoms with van der Waals surface area (Å²) in [7, 11) is 3.32. The number of hydrogen-bond donors (Lipinski definition) is 1. The van der Waals surface area contributed by atoms with Gasteiger partial charge in [-0.25, -0.2) is 4.79 Å². The smallest absolute Gasteiger partial charge is 0.321 e. The summed E-state index contributed by atoms with van der Waals surface area (Å²) >= 11 is 0. The summed E-state index contributed by atoms with van der Waals surface area (Å²) in [5.41, 5.74) is 1.27. The molecule has 0 saturated heterocycles. The molecule has 0 atom stereocenters. The zero-order valence-corrected chi connectivity index (χ0v) is 8.15. The number of amides is 2. The molecule has 2 amide bonds. The van der Waals surface area contributed by atoms with Gasteiger partial charge in [-0.05, 0) is 24.3 Å². The fourth-order valence-corrected chi connectivity index (χ4v) is 0.880. The summed E-state index contributed by atoms with van der Waals surface area (Å²) in [6.07, 6.45) is 0.761. The number of urea groups is 1. The number of benzene rings is 1. The predicted octanol–water partition coefficient (Wildman–Crippen LogP) is 1.59. The first-order valence-corrected chi connectivity index (χ1v) is 4.17. The van der Waals surface area contributed by atoms with E-state index in [9.17, 15) is 9.59 Å². The van der Waals surface area contributed by atoms with Gasteiger partial charge in [0.15, 0.2) is 0 Å². The molecule has 1 aromatic rings. The standard InChI is InChI=1S/C10H12N2O2/c1-12(2)10(14)11-9-5-3-8(7-13)4-6-9/h3-7H,1-2H3,(H,11,14). The first kappa shape index (κ1) is 10.2. The number of carbonyl (C=O) groups is 2. The Balaban J connectivity index is 2.69. The highest BCUT2D eigenvalue weighted by Gasteiger charge is 2.02. The second-order valence-electron chi connectivity index (χ2n) is 3.06. The molecule has 1 N–H and O–H groups in total. The SMILES string of the molecule is CN(C)C(=O)Nc1ccc(C=O)cc1. The van der Waals surface area contributed by atoms with Gasteiger partial charge in [0.2, 0.25) is 0 Å². The van der Waals surface area contributed by atoms with Crippen LogP contribution in [-0.2, 0) is 0 Å². The fourth-order valence-electron chi connectivity index (χ4n) is 0.880. The van der Waals surface area contributed by atoms with Crippen molar-refractivity contribution in [2.75, 3.05) is 19.4 Å². The van der Waals surface area contributed by atoms with Gasteiger partial charge in [-0.3, -0.25) is 4.79 Å². The van der Waals surface area contributed by atoms with E-state index in [1.54, 1.807) is 38.4 Å². The molecule has 0 aliphatic heterocycles. The van der Waals surface area contributed by atoms with Crippen LogP contribution in [-0.4, -0.2) is 31.3 Å². The summed E-state index contributed by atoms with van der Waals surface area (Å²) < 4.78 is 0. The molecule has 4 nitrogen and oxygen atoms in total. The van der Waals surface area contributed by atoms with Crippen molar-refractivity contribution >= 4 is 18.0 Å². The minimum absolute atomic E-state index is 0.191. The Morgan fingerprint density at radius 3 is 2.29 bits per heavy atom. The van der Waals surface area contributed by atoms with Crippen LogP contribution in [0.5, 0.6) is 0 Å². The van der Waals surface area contributed by atoms with Crippen molar-refractivity contribution in [1.82, 2.24) is 4.90 Å². The predicted molar refractivity (Wildman–Crippen MR) is 54.5 cm³/mol. The molecule has 0 spiro atoms. The number of rotatable bonds is 2. The molecule has 1 aromatic carbocycles. The maximum absolute atomic E-state index is 11.2. The van der Waals surface area contributed by atoms with Gasteiger partial charge >= 0.3 is 6.03 Å². The van der Waals surface area contributed by atoms with Gasteiger partial charge in [0, 0.05) is 25.3 Å². The van der Waals surface area contributed by atoms with Crippen molar-refractivity contribution in [3.05, 3.63) is 29.8 Å². The minimum atomic E-state index is -0.191. The molecule has 4 heteroatoms. The number of aldehydes is 1. The zero-order chi connectivity index (χ0) is 10.6. The van der Waals surface area contributed by atoms with Crippen LogP contribution < -0.4 is 5.32 Å². The second-order valence-corrected chi connectivity index (χ2v) is 3.06. The molecule has 1 rings (SSSR count). The highest BCUT2D eigenvalue weighted by Crippen LogP contribution is 2.08. The van der Waals surface area contributed by atoms with Crippen LogP contribution in [0.15, 0.2) is 24.3 Å². The van der Waals surface area contributed by atoms with Crippen molar-refractivity contribution in [2.24, 2.45) is 0 Å². The Morgan fingerprint density at radius 2 is 1.86 bits per heavy atom. The lowest BCUT2D eigenvalue weighted by Gasteiger charge is -2.11. The van der Waals surface area contributed by atoms with E-state index in [0.717, 1.165) is 6.29 Å². The van der Waals surface area contributed by atoms with E-state index < -0.39 is 0 Å². The number of hydrogen-bond acceptors (Lipinski definition) is 2. The quantitative estimate of drug-likeness (QED) is 0.723. The largest absolute Gasteiger partial charge is 0.331 e. The van der Waals surface area contributed by atoms with Gasteiger partial charge in [-0.15, -0.1) is 0 Å². The lowest BCUT2D eigenvalue weighted by atomic mass is 10.2. The zero-order valence-electron chi connectivity index (χ0n) is 8.15. The van der Waals surface area contributed by atoms with E-state index in [4.69, 9.17) is 0 Å². The summed E-state index contributed by atoms with van der Waals surface area (Å²) in [6, 6.07) is 6.48. The summed E-state index contributed by atoms with van der Waals surface area (Å²) in [5.74, 6) is 0. The Labute approximate surface area is 82.5 Å².